The summed E-state index contributed by atoms with van der Waals surface area (Å²) in [7, 11) is 0. The normalized spacial score (nSPS) is 10.7. The second kappa shape index (κ2) is 7.36. The lowest BCUT2D eigenvalue weighted by atomic mass is 10.2. The Bertz CT molecular complexity index is 951. The maximum atomic E-state index is 12.9. The molecule has 0 saturated carbocycles. The summed E-state index contributed by atoms with van der Waals surface area (Å²) in [4.78, 5) is 23.1. The van der Waals surface area contributed by atoms with Gasteiger partial charge in [-0.2, -0.15) is 10.2 Å². The summed E-state index contributed by atoms with van der Waals surface area (Å²) in [6.07, 6.45) is 2.82. The molecule has 1 amide bonds. The zero-order valence-electron chi connectivity index (χ0n) is 13.3. The van der Waals surface area contributed by atoms with Gasteiger partial charge in [-0.3, -0.25) is 9.48 Å². The zero-order chi connectivity index (χ0) is 18.7. The first kappa shape index (κ1) is 17.6. The summed E-state index contributed by atoms with van der Waals surface area (Å²) >= 11 is 6.07. The SMILES string of the molecule is O=C(Cn1nccc1C(=O)O)Nc1nn(Cc2ccc(F)cc2)cc1Cl. The van der Waals surface area contributed by atoms with Gasteiger partial charge >= 0.3 is 5.97 Å². The quantitative estimate of drug-likeness (QED) is 0.686. The Hall–Kier alpha value is -3.20. The fourth-order valence-corrected chi connectivity index (χ4v) is 2.49. The minimum Gasteiger partial charge on any atom is -0.477 e. The lowest BCUT2D eigenvalue weighted by Crippen LogP contribution is -2.22. The number of halogens is 2. The van der Waals surface area contributed by atoms with E-state index in [0.29, 0.717) is 6.54 Å². The molecule has 3 rings (SSSR count). The van der Waals surface area contributed by atoms with Crippen LogP contribution in [-0.2, 0) is 17.9 Å². The molecule has 0 radical (unpaired) electrons. The molecule has 0 aliphatic carbocycles. The molecule has 2 heterocycles. The number of hydrogen-bond donors (Lipinski definition) is 2. The van der Waals surface area contributed by atoms with Crippen molar-refractivity contribution in [3.05, 3.63) is 64.8 Å². The number of amides is 1. The maximum absolute atomic E-state index is 12.9. The van der Waals surface area contributed by atoms with Crippen molar-refractivity contribution in [3.8, 4) is 0 Å². The van der Waals surface area contributed by atoms with E-state index in [0.717, 1.165) is 10.2 Å². The van der Waals surface area contributed by atoms with E-state index in [1.807, 2.05) is 0 Å². The Morgan fingerprint density at radius 2 is 1.96 bits per heavy atom. The van der Waals surface area contributed by atoms with Gasteiger partial charge in [0.1, 0.15) is 23.1 Å². The number of aromatic nitrogens is 4. The Morgan fingerprint density at radius 1 is 1.23 bits per heavy atom. The van der Waals surface area contributed by atoms with Crippen LogP contribution in [0.1, 0.15) is 16.1 Å². The molecule has 0 aliphatic heterocycles. The largest absolute Gasteiger partial charge is 0.477 e. The van der Waals surface area contributed by atoms with Gasteiger partial charge in [0.25, 0.3) is 0 Å². The molecule has 0 saturated heterocycles. The predicted molar refractivity (Wildman–Crippen MR) is 90.6 cm³/mol. The number of nitrogens with one attached hydrogen (secondary N) is 1. The van der Waals surface area contributed by atoms with Crippen LogP contribution < -0.4 is 5.32 Å². The molecule has 2 N–H and O–H groups in total. The summed E-state index contributed by atoms with van der Waals surface area (Å²) in [5.41, 5.74) is 0.708. The summed E-state index contributed by atoms with van der Waals surface area (Å²) < 4.78 is 15.5. The van der Waals surface area contributed by atoms with E-state index in [-0.39, 0.29) is 28.9 Å². The zero-order valence-corrected chi connectivity index (χ0v) is 14.0. The van der Waals surface area contributed by atoms with Gasteiger partial charge < -0.3 is 10.4 Å². The molecule has 10 heteroatoms. The number of carbonyl (C=O) groups excluding carboxylic acids is 1. The van der Waals surface area contributed by atoms with Crippen LogP contribution in [0, 0.1) is 5.82 Å². The smallest absolute Gasteiger partial charge is 0.354 e. The second-order valence-corrected chi connectivity index (χ2v) is 5.78. The number of carbonyl (C=O) groups is 2. The lowest BCUT2D eigenvalue weighted by molar-refractivity contribution is -0.116. The fourth-order valence-electron chi connectivity index (χ4n) is 2.29. The van der Waals surface area contributed by atoms with Crippen molar-refractivity contribution in [1.29, 1.82) is 0 Å². The molecule has 2 aromatic heterocycles. The number of carboxylic acid groups (broad SMARTS) is 1. The highest BCUT2D eigenvalue weighted by Gasteiger charge is 2.15. The minimum absolute atomic E-state index is 0.104. The van der Waals surface area contributed by atoms with Gasteiger partial charge in [-0.1, -0.05) is 23.7 Å². The monoisotopic (exact) mass is 377 g/mol. The number of anilines is 1. The first-order valence-corrected chi connectivity index (χ1v) is 7.82. The van der Waals surface area contributed by atoms with Gasteiger partial charge in [0.05, 0.1) is 6.54 Å². The number of carboxylic acids is 1. The van der Waals surface area contributed by atoms with Crippen molar-refractivity contribution >= 4 is 29.3 Å². The highest BCUT2D eigenvalue weighted by atomic mass is 35.5. The van der Waals surface area contributed by atoms with Gasteiger partial charge in [0.15, 0.2) is 5.82 Å². The van der Waals surface area contributed by atoms with Crippen LogP contribution in [0.3, 0.4) is 0 Å². The third-order valence-corrected chi connectivity index (χ3v) is 3.74. The molecular formula is C16H13ClFN5O3. The third-order valence-electron chi connectivity index (χ3n) is 3.46. The highest BCUT2D eigenvalue weighted by Crippen LogP contribution is 2.20. The first-order chi connectivity index (χ1) is 12.4. The Labute approximate surface area is 151 Å². The number of benzene rings is 1. The van der Waals surface area contributed by atoms with Gasteiger partial charge in [0, 0.05) is 12.4 Å². The molecule has 1 aromatic carbocycles. The molecule has 0 spiro atoms. The lowest BCUT2D eigenvalue weighted by Gasteiger charge is -2.05. The van der Waals surface area contributed by atoms with Crippen LogP contribution in [0.5, 0.6) is 0 Å². The molecule has 0 bridgehead atoms. The molecule has 8 nitrogen and oxygen atoms in total. The number of aromatic carboxylic acids is 1. The number of rotatable bonds is 6. The van der Waals surface area contributed by atoms with E-state index in [9.17, 15) is 14.0 Å². The molecule has 0 atom stereocenters. The molecule has 134 valence electrons. The van der Waals surface area contributed by atoms with Gasteiger partial charge in [-0.15, -0.1) is 0 Å². The number of hydrogen-bond acceptors (Lipinski definition) is 4. The van der Waals surface area contributed by atoms with E-state index in [1.54, 1.807) is 12.1 Å². The van der Waals surface area contributed by atoms with Crippen molar-refractivity contribution in [1.82, 2.24) is 19.6 Å². The summed E-state index contributed by atoms with van der Waals surface area (Å²) in [6.45, 7) is 0.0496. The molecule has 26 heavy (non-hydrogen) atoms. The topological polar surface area (TPSA) is 102 Å². The van der Waals surface area contributed by atoms with E-state index >= 15 is 0 Å². The fraction of sp³-hybridized carbons (Fsp3) is 0.125. The second-order valence-electron chi connectivity index (χ2n) is 5.38. The van der Waals surface area contributed by atoms with Crippen LogP contribution in [0.4, 0.5) is 10.2 Å². The standard InChI is InChI=1S/C16H13ClFN5O3/c17-12-8-22(7-10-1-3-11(18)4-2-10)21-15(12)20-14(24)9-23-13(16(25)26)5-6-19-23/h1-6,8H,7,9H2,(H,25,26)(H,20,21,24). The maximum Gasteiger partial charge on any atom is 0.354 e. The van der Waals surface area contributed by atoms with Crippen molar-refractivity contribution in [3.63, 3.8) is 0 Å². The van der Waals surface area contributed by atoms with Gasteiger partial charge in [-0.05, 0) is 23.8 Å². The molecule has 0 unspecified atom stereocenters. The van der Waals surface area contributed by atoms with Gasteiger partial charge in [-0.25, -0.2) is 13.9 Å². The minimum atomic E-state index is -1.18. The summed E-state index contributed by atoms with van der Waals surface area (Å²) in [5.74, 6) is -1.90. The van der Waals surface area contributed by atoms with Gasteiger partial charge in [0.2, 0.25) is 5.91 Å². The van der Waals surface area contributed by atoms with E-state index in [2.05, 4.69) is 15.5 Å². The van der Waals surface area contributed by atoms with Crippen LogP contribution in [0.15, 0.2) is 42.7 Å². The van der Waals surface area contributed by atoms with Crippen molar-refractivity contribution in [2.45, 2.75) is 13.1 Å². The van der Waals surface area contributed by atoms with Crippen molar-refractivity contribution in [2.24, 2.45) is 0 Å². The third kappa shape index (κ3) is 4.06. The molecule has 0 fully saturated rings. The van der Waals surface area contributed by atoms with Crippen LogP contribution in [0.25, 0.3) is 0 Å². The van der Waals surface area contributed by atoms with Crippen molar-refractivity contribution in [2.75, 3.05) is 5.32 Å². The van der Waals surface area contributed by atoms with Crippen molar-refractivity contribution < 1.29 is 19.1 Å². The number of nitrogens with zero attached hydrogens (tertiary/aromatic N) is 4. The van der Waals surface area contributed by atoms with Crippen LogP contribution >= 0.6 is 11.6 Å². The first-order valence-electron chi connectivity index (χ1n) is 7.45. The average Bonchev–Trinajstić information content (AvgIpc) is 3.17. The Kier molecular flexibility index (Phi) is 4.99. The summed E-state index contributed by atoms with van der Waals surface area (Å²) in [6, 6.07) is 7.21. The molecule has 0 aliphatic rings. The van der Waals surface area contributed by atoms with E-state index in [1.165, 1.54) is 35.3 Å². The molecule has 3 aromatic rings. The average molecular weight is 378 g/mol. The predicted octanol–water partition coefficient (Wildman–Crippen LogP) is 2.26. The van der Waals surface area contributed by atoms with E-state index in [4.69, 9.17) is 16.7 Å². The summed E-state index contributed by atoms with van der Waals surface area (Å²) in [5, 5.41) is 19.7. The van der Waals surface area contributed by atoms with E-state index < -0.39 is 11.9 Å². The Balaban J connectivity index is 1.67. The molecular weight excluding hydrogens is 365 g/mol. The van der Waals surface area contributed by atoms with Crippen LogP contribution in [0.2, 0.25) is 5.02 Å². The Morgan fingerprint density at radius 3 is 2.65 bits per heavy atom. The van der Waals surface area contributed by atoms with Crippen LogP contribution in [-0.4, -0.2) is 36.5 Å². The highest BCUT2D eigenvalue weighted by molar-refractivity contribution is 6.33.